The van der Waals surface area contributed by atoms with E-state index in [1.807, 2.05) is 6.92 Å². The molecule has 0 fully saturated rings. The maximum atomic E-state index is 13.3. The first-order valence-electron chi connectivity index (χ1n) is 5.19. The third-order valence-corrected chi connectivity index (χ3v) is 2.16. The van der Waals surface area contributed by atoms with E-state index in [1.165, 1.54) is 12.1 Å². The number of anilines is 1. The lowest BCUT2D eigenvalue weighted by Crippen LogP contribution is -1.98. The van der Waals surface area contributed by atoms with Gasteiger partial charge >= 0.3 is 6.01 Å². The maximum absolute atomic E-state index is 13.3. The second-order valence-electron chi connectivity index (χ2n) is 3.46. The molecule has 0 saturated carbocycles. The molecule has 0 spiro atoms. The van der Waals surface area contributed by atoms with Gasteiger partial charge in [-0.3, -0.25) is 0 Å². The molecule has 17 heavy (non-hydrogen) atoms. The Morgan fingerprint density at radius 1 is 1.35 bits per heavy atom. The van der Waals surface area contributed by atoms with Crippen molar-refractivity contribution >= 4 is 6.01 Å². The van der Waals surface area contributed by atoms with Crippen LogP contribution in [0.5, 0.6) is 0 Å². The first kappa shape index (κ1) is 11.5. The van der Waals surface area contributed by atoms with Gasteiger partial charge in [0.25, 0.3) is 0 Å². The molecule has 1 aromatic heterocycles. The van der Waals surface area contributed by atoms with E-state index in [4.69, 9.17) is 4.52 Å². The lowest BCUT2D eigenvalue weighted by Gasteiger charge is -1.99. The van der Waals surface area contributed by atoms with Crippen molar-refractivity contribution in [2.45, 2.75) is 13.3 Å². The zero-order valence-electron chi connectivity index (χ0n) is 9.20. The molecule has 1 heterocycles. The highest BCUT2D eigenvalue weighted by Crippen LogP contribution is 2.14. The van der Waals surface area contributed by atoms with E-state index in [1.54, 1.807) is 0 Å². The molecule has 2 rings (SSSR count). The van der Waals surface area contributed by atoms with Gasteiger partial charge in [-0.25, -0.2) is 8.78 Å². The van der Waals surface area contributed by atoms with E-state index in [2.05, 4.69) is 15.5 Å². The van der Waals surface area contributed by atoms with Crippen LogP contribution in [0.2, 0.25) is 0 Å². The SMILES string of the molecule is CCNc1nc(Cc2ccc(F)cc2F)no1. The first-order chi connectivity index (χ1) is 8.19. The predicted molar refractivity (Wildman–Crippen MR) is 57.6 cm³/mol. The van der Waals surface area contributed by atoms with Gasteiger partial charge in [0.05, 0.1) is 0 Å². The van der Waals surface area contributed by atoms with Crippen LogP contribution in [0.1, 0.15) is 18.3 Å². The second-order valence-corrected chi connectivity index (χ2v) is 3.46. The van der Waals surface area contributed by atoms with Crippen LogP contribution in [-0.2, 0) is 6.42 Å². The number of halogens is 2. The van der Waals surface area contributed by atoms with Crippen LogP contribution < -0.4 is 5.32 Å². The van der Waals surface area contributed by atoms with Gasteiger partial charge in [-0.05, 0) is 18.6 Å². The van der Waals surface area contributed by atoms with Crippen molar-refractivity contribution in [2.24, 2.45) is 0 Å². The summed E-state index contributed by atoms with van der Waals surface area (Å²) in [6.07, 6.45) is 0.168. The van der Waals surface area contributed by atoms with E-state index >= 15 is 0 Å². The van der Waals surface area contributed by atoms with Gasteiger partial charge in [-0.1, -0.05) is 11.2 Å². The van der Waals surface area contributed by atoms with Crippen molar-refractivity contribution in [1.29, 1.82) is 0 Å². The summed E-state index contributed by atoms with van der Waals surface area (Å²) in [5.41, 5.74) is 0.329. The molecule has 0 aliphatic rings. The highest BCUT2D eigenvalue weighted by atomic mass is 19.1. The van der Waals surface area contributed by atoms with Crippen LogP contribution in [0.4, 0.5) is 14.8 Å². The summed E-state index contributed by atoms with van der Waals surface area (Å²) in [5.74, 6) is -0.862. The van der Waals surface area contributed by atoms with E-state index in [0.29, 0.717) is 23.9 Å². The van der Waals surface area contributed by atoms with Crippen molar-refractivity contribution in [3.05, 3.63) is 41.2 Å². The molecule has 90 valence electrons. The molecule has 0 radical (unpaired) electrons. The van der Waals surface area contributed by atoms with Crippen LogP contribution in [0.3, 0.4) is 0 Å². The summed E-state index contributed by atoms with van der Waals surface area (Å²) in [7, 11) is 0. The minimum absolute atomic E-state index is 0.168. The average Bonchev–Trinajstić information content (AvgIpc) is 2.71. The number of aromatic nitrogens is 2. The smallest absolute Gasteiger partial charge is 0.321 e. The minimum atomic E-state index is -0.611. The summed E-state index contributed by atoms with van der Waals surface area (Å²) in [6, 6.07) is 3.70. The molecule has 0 aliphatic carbocycles. The second kappa shape index (κ2) is 4.90. The number of hydrogen-bond acceptors (Lipinski definition) is 4. The highest BCUT2D eigenvalue weighted by molar-refractivity contribution is 5.24. The maximum Gasteiger partial charge on any atom is 0.321 e. The van der Waals surface area contributed by atoms with Gasteiger partial charge in [-0.15, -0.1) is 0 Å². The van der Waals surface area contributed by atoms with Gasteiger partial charge in [0.1, 0.15) is 11.6 Å². The zero-order valence-corrected chi connectivity index (χ0v) is 9.20. The summed E-state index contributed by atoms with van der Waals surface area (Å²) in [6.45, 7) is 2.55. The molecule has 0 bridgehead atoms. The number of benzene rings is 1. The fourth-order valence-corrected chi connectivity index (χ4v) is 1.38. The zero-order chi connectivity index (χ0) is 12.3. The molecule has 0 atom stereocenters. The molecule has 4 nitrogen and oxygen atoms in total. The van der Waals surface area contributed by atoms with Crippen molar-refractivity contribution in [1.82, 2.24) is 10.1 Å². The highest BCUT2D eigenvalue weighted by Gasteiger charge is 2.10. The third-order valence-electron chi connectivity index (χ3n) is 2.16. The monoisotopic (exact) mass is 239 g/mol. The molecular weight excluding hydrogens is 228 g/mol. The largest absolute Gasteiger partial charge is 0.338 e. The van der Waals surface area contributed by atoms with Crippen molar-refractivity contribution < 1.29 is 13.3 Å². The Kier molecular flexibility index (Phi) is 3.32. The van der Waals surface area contributed by atoms with Crippen molar-refractivity contribution in [3.63, 3.8) is 0 Å². The number of hydrogen-bond donors (Lipinski definition) is 1. The van der Waals surface area contributed by atoms with Crippen LogP contribution in [0.15, 0.2) is 22.7 Å². The summed E-state index contributed by atoms with van der Waals surface area (Å²) >= 11 is 0. The number of rotatable bonds is 4. The van der Waals surface area contributed by atoms with Crippen LogP contribution in [-0.4, -0.2) is 16.7 Å². The minimum Gasteiger partial charge on any atom is -0.338 e. The van der Waals surface area contributed by atoms with Gasteiger partial charge in [0.2, 0.25) is 0 Å². The fraction of sp³-hybridized carbons (Fsp3) is 0.273. The summed E-state index contributed by atoms with van der Waals surface area (Å²) in [4.78, 5) is 4.01. The Morgan fingerprint density at radius 2 is 2.18 bits per heavy atom. The molecule has 0 saturated heterocycles. The third kappa shape index (κ3) is 2.77. The molecule has 6 heteroatoms. The Morgan fingerprint density at radius 3 is 2.88 bits per heavy atom. The molecule has 1 N–H and O–H groups in total. The summed E-state index contributed by atoms with van der Waals surface area (Å²) < 4.78 is 30.9. The molecule has 0 unspecified atom stereocenters. The Labute approximate surface area is 96.6 Å². The molecule has 2 aromatic rings. The van der Waals surface area contributed by atoms with Gasteiger partial charge < -0.3 is 9.84 Å². The Bertz CT molecular complexity index is 513. The predicted octanol–water partition coefficient (Wildman–Crippen LogP) is 2.37. The number of nitrogens with one attached hydrogen (secondary N) is 1. The lowest BCUT2D eigenvalue weighted by atomic mass is 10.1. The van der Waals surface area contributed by atoms with Crippen LogP contribution >= 0.6 is 0 Å². The van der Waals surface area contributed by atoms with Crippen molar-refractivity contribution in [3.8, 4) is 0 Å². The van der Waals surface area contributed by atoms with Crippen LogP contribution in [0, 0.1) is 11.6 Å². The quantitative estimate of drug-likeness (QED) is 0.889. The molecule has 1 aromatic carbocycles. The van der Waals surface area contributed by atoms with Crippen LogP contribution in [0.25, 0.3) is 0 Å². The lowest BCUT2D eigenvalue weighted by molar-refractivity contribution is 0.424. The van der Waals surface area contributed by atoms with E-state index < -0.39 is 11.6 Å². The molecule has 0 amide bonds. The van der Waals surface area contributed by atoms with Gasteiger partial charge in [0, 0.05) is 19.0 Å². The fourth-order valence-electron chi connectivity index (χ4n) is 1.38. The molecule has 0 aliphatic heterocycles. The van der Waals surface area contributed by atoms with E-state index in [-0.39, 0.29) is 6.42 Å². The van der Waals surface area contributed by atoms with Gasteiger partial charge in [-0.2, -0.15) is 4.98 Å². The number of nitrogens with zero attached hydrogens (tertiary/aromatic N) is 2. The first-order valence-corrected chi connectivity index (χ1v) is 5.19. The van der Waals surface area contributed by atoms with Crippen molar-refractivity contribution in [2.75, 3.05) is 11.9 Å². The van der Waals surface area contributed by atoms with Gasteiger partial charge in [0.15, 0.2) is 5.82 Å². The van der Waals surface area contributed by atoms with E-state index in [9.17, 15) is 8.78 Å². The topological polar surface area (TPSA) is 51.0 Å². The summed E-state index contributed by atoms with van der Waals surface area (Å²) in [5, 5.41) is 6.53. The Balaban J connectivity index is 2.13. The normalized spacial score (nSPS) is 10.5. The molecular formula is C11H11F2N3O. The average molecular weight is 239 g/mol. The standard InChI is InChI=1S/C11H11F2N3O/c1-2-14-11-15-10(16-17-11)5-7-3-4-8(12)6-9(7)13/h3-4,6H,2,5H2,1H3,(H,14,15,16). The van der Waals surface area contributed by atoms with E-state index in [0.717, 1.165) is 6.07 Å². The Hall–Kier alpha value is -1.98.